The molecule has 0 aliphatic heterocycles. The van der Waals surface area contributed by atoms with Crippen LogP contribution in [-0.4, -0.2) is 0 Å². The van der Waals surface area contributed by atoms with Crippen LogP contribution in [0.5, 0.6) is 23.0 Å². The average Bonchev–Trinajstić information content (AvgIpc) is 2.95. The Morgan fingerprint density at radius 1 is 0.583 bits per heavy atom. The predicted molar refractivity (Wildman–Crippen MR) is 138 cm³/mol. The van der Waals surface area contributed by atoms with Crippen LogP contribution >= 0.6 is 9.03 Å². The Hall–Kier alpha value is -5.46. The summed E-state index contributed by atoms with van der Waals surface area (Å²) in [6.45, 7) is 14.3. The fourth-order valence-corrected chi connectivity index (χ4v) is 3.23. The van der Waals surface area contributed by atoms with E-state index in [2.05, 4.69) is 18.7 Å². The van der Waals surface area contributed by atoms with Crippen molar-refractivity contribution in [3.05, 3.63) is 119 Å². The van der Waals surface area contributed by atoms with Crippen molar-refractivity contribution >= 4 is 20.4 Å². The number of nitriles is 2. The zero-order valence-electron chi connectivity index (χ0n) is 18.7. The second-order valence-electron chi connectivity index (χ2n) is 7.06. The van der Waals surface area contributed by atoms with Gasteiger partial charge in [-0.1, -0.05) is 30.3 Å². The topological polar surface area (TPSA) is 98.6 Å². The van der Waals surface area contributed by atoms with Gasteiger partial charge < -0.3 is 9.47 Å². The first-order valence-electron chi connectivity index (χ1n) is 10.3. The van der Waals surface area contributed by atoms with Gasteiger partial charge in [-0.3, -0.25) is 10.0 Å². The number of hydrogen-bond donors (Lipinski definition) is 1. The van der Waals surface area contributed by atoms with Crippen LogP contribution in [-0.2, 0) is 0 Å². The summed E-state index contributed by atoms with van der Waals surface area (Å²) in [5.74, 6) is 2.20. The molecule has 0 radical (unpaired) electrons. The number of nitrogens with zero attached hydrogens (tertiary/aromatic N) is 4. The van der Waals surface area contributed by atoms with Crippen molar-refractivity contribution in [1.82, 2.24) is 0 Å². The van der Waals surface area contributed by atoms with E-state index in [4.69, 9.17) is 38.3 Å². The Kier molecular flexibility index (Phi) is 8.48. The molecule has 36 heavy (non-hydrogen) atoms. The van der Waals surface area contributed by atoms with E-state index < -0.39 is 0 Å². The molecule has 4 rings (SSSR count). The van der Waals surface area contributed by atoms with Gasteiger partial charge in [-0.05, 0) is 74.8 Å². The van der Waals surface area contributed by atoms with Crippen LogP contribution in [0.1, 0.15) is 11.1 Å². The molecule has 0 bridgehead atoms. The van der Waals surface area contributed by atoms with Gasteiger partial charge in [0.1, 0.15) is 35.1 Å². The molecule has 8 heteroatoms. The van der Waals surface area contributed by atoms with E-state index in [1.807, 2.05) is 60.7 Å². The third-order valence-corrected chi connectivity index (χ3v) is 4.93. The largest absolute Gasteiger partial charge is 0.459 e. The molecule has 0 aliphatic carbocycles. The third-order valence-electron chi connectivity index (χ3n) is 4.93. The van der Waals surface area contributed by atoms with Gasteiger partial charge in [0.15, 0.2) is 11.4 Å². The molecular weight excluding hydrogens is 469 g/mol. The number of nitrogens with one attached hydrogen (secondary N) is 1. The van der Waals surface area contributed by atoms with E-state index >= 15 is 0 Å². The van der Waals surface area contributed by atoms with Gasteiger partial charge in [0, 0.05) is 0 Å². The molecule has 0 fully saturated rings. The first-order valence-corrected chi connectivity index (χ1v) is 10.8. The first kappa shape index (κ1) is 25.2. The molecule has 1 N–H and O–H groups in total. The minimum Gasteiger partial charge on any atom is -0.459 e. The maximum Gasteiger partial charge on any atom is 0.198 e. The molecule has 170 valence electrons. The van der Waals surface area contributed by atoms with Crippen LogP contribution in [0, 0.1) is 41.0 Å². The lowest BCUT2D eigenvalue weighted by atomic mass is 10.1. The normalized spacial score (nSPS) is 9.22. The Balaban J connectivity index is 0.00000176. The number of hydrogen-bond acceptors (Lipinski definition) is 5. The highest BCUT2D eigenvalue weighted by atomic mass is 31.0. The molecule has 0 atom stereocenters. The molecule has 0 amide bonds. The molecule has 0 aliphatic rings. The number of rotatable bonds is 5. The van der Waals surface area contributed by atoms with Gasteiger partial charge in [0.25, 0.3) is 0 Å². The van der Waals surface area contributed by atoms with Gasteiger partial charge in [0.05, 0.1) is 24.3 Å². The second kappa shape index (κ2) is 12.1. The van der Waals surface area contributed by atoms with E-state index in [9.17, 15) is 0 Å². The fraction of sp³-hybridized carbons (Fsp3) is 0. The summed E-state index contributed by atoms with van der Waals surface area (Å²) in [5, 5.41) is 23.7. The molecule has 0 unspecified atom stereocenters. The van der Waals surface area contributed by atoms with Crippen molar-refractivity contribution in [1.29, 1.82) is 15.7 Å². The average molecular weight is 485 g/mol. The van der Waals surface area contributed by atoms with Crippen LogP contribution in [0.25, 0.3) is 20.8 Å². The highest BCUT2D eigenvalue weighted by Gasteiger charge is 2.07. The van der Waals surface area contributed by atoms with E-state index in [-0.39, 0.29) is 11.3 Å². The minimum atomic E-state index is 0.260. The Bertz CT molecular complexity index is 1440. The zero-order valence-corrected chi connectivity index (χ0v) is 19.7. The first-order chi connectivity index (χ1) is 17.6. The van der Waals surface area contributed by atoms with Gasteiger partial charge in [-0.25, -0.2) is 4.85 Å². The van der Waals surface area contributed by atoms with Crippen LogP contribution in [0.3, 0.4) is 0 Å². The molecule has 7 nitrogen and oxygen atoms in total. The Morgan fingerprint density at radius 2 is 1.03 bits per heavy atom. The molecule has 4 aromatic rings. The summed E-state index contributed by atoms with van der Waals surface area (Å²) in [6.07, 6.45) is 0. The minimum absolute atomic E-state index is 0.260. The lowest BCUT2D eigenvalue weighted by Crippen LogP contribution is -1.88. The standard InChI is InChI=1S/C28H14N4O2.H2NP/c1-31-27-14-13-26(16-28(27)32-2)34-24-10-5-20(6-11-24)19-3-8-23(9-4-19)33-25-12-7-21(17-29)22(15-25)18-30;1-2/h3-16H;1-2H. The second-order valence-corrected chi connectivity index (χ2v) is 7.06. The summed E-state index contributed by atoms with van der Waals surface area (Å²) >= 11 is 0. The van der Waals surface area contributed by atoms with Crippen molar-refractivity contribution in [2.75, 3.05) is 0 Å². The van der Waals surface area contributed by atoms with Gasteiger partial charge in [0.2, 0.25) is 0 Å². The molecule has 0 saturated heterocycles. The van der Waals surface area contributed by atoms with Crippen LogP contribution in [0.2, 0.25) is 0 Å². The zero-order chi connectivity index (χ0) is 25.9. The van der Waals surface area contributed by atoms with Crippen molar-refractivity contribution in [3.63, 3.8) is 0 Å². The van der Waals surface area contributed by atoms with Crippen molar-refractivity contribution in [2.45, 2.75) is 0 Å². The lowest BCUT2D eigenvalue weighted by Gasteiger charge is -2.09. The summed E-state index contributed by atoms with van der Waals surface area (Å²) in [6, 6.07) is 28.6. The highest BCUT2D eigenvalue weighted by molar-refractivity contribution is 7.02. The SMILES string of the molecule is N=P.[C-]#[N+]c1ccc(Oc2ccc(-c3ccc(Oc4ccc(C#N)c(C#N)c4)cc3)cc2)cc1[N+]#[C-]. The van der Waals surface area contributed by atoms with Crippen LogP contribution in [0.4, 0.5) is 11.4 Å². The monoisotopic (exact) mass is 485 g/mol. The third kappa shape index (κ3) is 5.91. The quantitative estimate of drug-likeness (QED) is 0.226. The Labute approximate surface area is 210 Å². The van der Waals surface area contributed by atoms with Crippen molar-refractivity contribution < 1.29 is 9.47 Å². The predicted octanol–water partition coefficient (Wildman–Crippen LogP) is 8.67. The summed E-state index contributed by atoms with van der Waals surface area (Å²) in [4.78, 5) is 6.69. The van der Waals surface area contributed by atoms with E-state index in [1.165, 1.54) is 0 Å². The summed E-state index contributed by atoms with van der Waals surface area (Å²) in [5.41, 5.74) is 3.10. The molecule has 0 heterocycles. The molecule has 0 spiro atoms. The van der Waals surface area contributed by atoms with E-state index in [0.29, 0.717) is 34.2 Å². The van der Waals surface area contributed by atoms with Crippen molar-refractivity contribution in [2.24, 2.45) is 0 Å². The number of benzene rings is 4. The maximum atomic E-state index is 9.16. The lowest BCUT2D eigenvalue weighted by molar-refractivity contribution is 0.482. The Morgan fingerprint density at radius 3 is 1.50 bits per heavy atom. The van der Waals surface area contributed by atoms with Crippen molar-refractivity contribution in [3.8, 4) is 46.3 Å². The maximum absolute atomic E-state index is 9.16. The van der Waals surface area contributed by atoms with E-state index in [1.54, 1.807) is 36.4 Å². The number of ether oxygens (including phenoxy) is 2. The molecule has 4 aromatic carbocycles. The molecular formula is C28H16N5O2P. The van der Waals surface area contributed by atoms with Gasteiger partial charge in [-0.15, -0.1) is 0 Å². The van der Waals surface area contributed by atoms with Gasteiger partial charge in [-0.2, -0.15) is 10.5 Å². The van der Waals surface area contributed by atoms with E-state index in [0.717, 1.165) is 11.1 Å². The molecule has 0 aromatic heterocycles. The van der Waals surface area contributed by atoms with Crippen LogP contribution < -0.4 is 9.47 Å². The smallest absolute Gasteiger partial charge is 0.198 e. The van der Waals surface area contributed by atoms with Gasteiger partial charge >= 0.3 is 0 Å². The fourth-order valence-electron chi connectivity index (χ4n) is 3.23. The highest BCUT2D eigenvalue weighted by Crippen LogP contribution is 2.34. The molecule has 0 saturated carbocycles. The summed E-state index contributed by atoms with van der Waals surface area (Å²) < 4.78 is 11.6. The van der Waals surface area contributed by atoms with Crippen LogP contribution in [0.15, 0.2) is 84.9 Å². The summed E-state index contributed by atoms with van der Waals surface area (Å²) in [7, 11) is 2.22.